The molecule has 0 amide bonds. The number of hydrogen-bond acceptors (Lipinski definition) is 2. The van der Waals surface area contributed by atoms with E-state index in [0.29, 0.717) is 18.6 Å². The van der Waals surface area contributed by atoms with Crippen LogP contribution in [0.4, 0.5) is 0 Å². The van der Waals surface area contributed by atoms with Crippen molar-refractivity contribution in [2.24, 2.45) is 10.4 Å². The summed E-state index contributed by atoms with van der Waals surface area (Å²) in [5, 5.41) is 0. The second kappa shape index (κ2) is 2.76. The summed E-state index contributed by atoms with van der Waals surface area (Å²) in [6.45, 7) is 4.24. The van der Waals surface area contributed by atoms with Crippen molar-refractivity contribution in [3.8, 4) is 0 Å². The van der Waals surface area contributed by atoms with Crippen LogP contribution in [0.25, 0.3) is 0 Å². The van der Waals surface area contributed by atoms with Crippen molar-refractivity contribution in [3.63, 3.8) is 0 Å². The summed E-state index contributed by atoms with van der Waals surface area (Å²) in [5.74, 6) is 0.335. The highest BCUT2D eigenvalue weighted by Crippen LogP contribution is 2.31. The number of nitrogens with zero attached hydrogens (tertiary/aromatic N) is 1. The molecule has 0 saturated heterocycles. The molecule has 0 N–H and O–H groups in total. The summed E-state index contributed by atoms with van der Waals surface area (Å²) < 4.78 is 0. The minimum absolute atomic E-state index is 0.143. The third kappa shape index (κ3) is 2.14. The first-order chi connectivity index (χ1) is 5.03. The molecule has 0 aromatic carbocycles. The number of rotatable bonds is 0. The lowest BCUT2D eigenvalue weighted by atomic mass is 9.76. The van der Waals surface area contributed by atoms with E-state index in [1.165, 1.54) is 0 Å². The molecule has 0 bridgehead atoms. The van der Waals surface area contributed by atoms with E-state index in [1.54, 1.807) is 7.05 Å². The molecule has 1 fully saturated rings. The van der Waals surface area contributed by atoms with Crippen LogP contribution in [-0.4, -0.2) is 18.5 Å². The maximum atomic E-state index is 11.2. The summed E-state index contributed by atoms with van der Waals surface area (Å²) in [7, 11) is 1.77. The second-order valence-electron chi connectivity index (χ2n) is 4.02. The number of hydrogen-bond donors (Lipinski definition) is 0. The first-order valence-electron chi connectivity index (χ1n) is 4.00. The molecule has 1 saturated carbocycles. The Morgan fingerprint density at radius 2 is 2.00 bits per heavy atom. The average molecular weight is 153 g/mol. The molecule has 0 radical (unpaired) electrons. The number of ketones is 1. The van der Waals surface area contributed by atoms with Gasteiger partial charge in [-0.3, -0.25) is 9.79 Å². The fraction of sp³-hybridized carbons (Fsp3) is 0.778. The Morgan fingerprint density at radius 1 is 1.36 bits per heavy atom. The van der Waals surface area contributed by atoms with Crippen molar-refractivity contribution in [1.29, 1.82) is 0 Å². The molecule has 2 heteroatoms. The molecule has 1 rings (SSSR count). The van der Waals surface area contributed by atoms with Crippen LogP contribution in [0.3, 0.4) is 0 Å². The Balaban J connectivity index is 2.74. The van der Waals surface area contributed by atoms with Gasteiger partial charge in [-0.05, 0) is 11.8 Å². The third-order valence-electron chi connectivity index (χ3n) is 2.08. The minimum Gasteiger partial charge on any atom is -0.299 e. The molecular formula is C9H15NO. The maximum absolute atomic E-state index is 11.2. The lowest BCUT2D eigenvalue weighted by molar-refractivity contribution is -0.120. The van der Waals surface area contributed by atoms with Gasteiger partial charge in [0.05, 0.1) is 0 Å². The molecule has 0 aromatic rings. The lowest BCUT2D eigenvalue weighted by Crippen LogP contribution is -2.28. The summed E-state index contributed by atoms with van der Waals surface area (Å²) in [4.78, 5) is 15.3. The van der Waals surface area contributed by atoms with Crippen LogP contribution < -0.4 is 0 Å². The Morgan fingerprint density at radius 3 is 2.45 bits per heavy atom. The van der Waals surface area contributed by atoms with Crippen LogP contribution >= 0.6 is 0 Å². The van der Waals surface area contributed by atoms with E-state index in [4.69, 9.17) is 0 Å². The number of carbonyl (C=O) groups excluding carboxylic acids is 1. The lowest BCUT2D eigenvalue weighted by Gasteiger charge is -2.28. The SMILES string of the molecule is CN=C1CC(=O)CC(C)(C)C1. The largest absolute Gasteiger partial charge is 0.299 e. The van der Waals surface area contributed by atoms with Gasteiger partial charge in [-0.2, -0.15) is 0 Å². The smallest absolute Gasteiger partial charge is 0.139 e. The highest BCUT2D eigenvalue weighted by Gasteiger charge is 2.29. The van der Waals surface area contributed by atoms with Crippen molar-refractivity contribution in [2.45, 2.75) is 33.1 Å². The molecule has 0 heterocycles. The zero-order valence-electron chi connectivity index (χ0n) is 7.48. The van der Waals surface area contributed by atoms with E-state index in [0.717, 1.165) is 12.1 Å². The quantitative estimate of drug-likeness (QED) is 0.522. The molecular weight excluding hydrogens is 138 g/mol. The number of aliphatic imine (C=N–C) groups is 1. The number of carbonyl (C=O) groups is 1. The summed E-state index contributed by atoms with van der Waals surface area (Å²) in [6.07, 6.45) is 2.28. The minimum atomic E-state index is 0.143. The second-order valence-corrected chi connectivity index (χ2v) is 4.02. The molecule has 0 aromatic heterocycles. The van der Waals surface area contributed by atoms with Crippen molar-refractivity contribution in [3.05, 3.63) is 0 Å². The predicted molar refractivity (Wildman–Crippen MR) is 46.0 cm³/mol. The van der Waals surface area contributed by atoms with Gasteiger partial charge in [0, 0.05) is 25.6 Å². The zero-order valence-corrected chi connectivity index (χ0v) is 7.48. The molecule has 1 aliphatic carbocycles. The topological polar surface area (TPSA) is 29.4 Å². The van der Waals surface area contributed by atoms with E-state index < -0.39 is 0 Å². The Hall–Kier alpha value is -0.660. The molecule has 0 atom stereocenters. The Kier molecular flexibility index (Phi) is 2.12. The van der Waals surface area contributed by atoms with Gasteiger partial charge in [0.25, 0.3) is 0 Å². The van der Waals surface area contributed by atoms with Gasteiger partial charge in [-0.15, -0.1) is 0 Å². The Labute approximate surface area is 67.7 Å². The van der Waals surface area contributed by atoms with Crippen molar-refractivity contribution >= 4 is 11.5 Å². The predicted octanol–water partition coefficient (Wildman–Crippen LogP) is 1.84. The van der Waals surface area contributed by atoms with Gasteiger partial charge in [0.15, 0.2) is 0 Å². The van der Waals surface area contributed by atoms with E-state index in [-0.39, 0.29) is 5.41 Å². The fourth-order valence-corrected chi connectivity index (χ4v) is 1.66. The summed E-state index contributed by atoms with van der Waals surface area (Å²) >= 11 is 0. The Bertz CT molecular complexity index is 204. The van der Waals surface area contributed by atoms with Gasteiger partial charge in [-0.25, -0.2) is 0 Å². The van der Waals surface area contributed by atoms with Crippen LogP contribution in [0.2, 0.25) is 0 Å². The molecule has 0 spiro atoms. The van der Waals surface area contributed by atoms with E-state index >= 15 is 0 Å². The monoisotopic (exact) mass is 153 g/mol. The van der Waals surface area contributed by atoms with Crippen molar-refractivity contribution < 1.29 is 4.79 Å². The summed E-state index contributed by atoms with van der Waals surface area (Å²) in [6, 6.07) is 0. The molecule has 1 aliphatic rings. The molecule has 0 aliphatic heterocycles. The molecule has 11 heavy (non-hydrogen) atoms. The first kappa shape index (κ1) is 8.44. The molecule has 62 valence electrons. The van der Waals surface area contributed by atoms with Crippen LogP contribution in [0.15, 0.2) is 4.99 Å². The highest BCUT2D eigenvalue weighted by molar-refractivity contribution is 6.04. The van der Waals surface area contributed by atoms with Crippen LogP contribution in [-0.2, 0) is 4.79 Å². The van der Waals surface area contributed by atoms with Crippen LogP contribution in [0.1, 0.15) is 33.1 Å². The van der Waals surface area contributed by atoms with Gasteiger partial charge in [0.2, 0.25) is 0 Å². The number of Topliss-reactive ketones (excluding diaryl/α,β-unsaturated/α-hetero) is 1. The average Bonchev–Trinajstić information content (AvgIpc) is 1.83. The molecule has 0 unspecified atom stereocenters. The van der Waals surface area contributed by atoms with Crippen LogP contribution in [0, 0.1) is 5.41 Å². The zero-order chi connectivity index (χ0) is 8.48. The maximum Gasteiger partial charge on any atom is 0.139 e. The third-order valence-corrected chi connectivity index (χ3v) is 2.08. The van der Waals surface area contributed by atoms with Crippen LogP contribution in [0.5, 0.6) is 0 Å². The van der Waals surface area contributed by atoms with Gasteiger partial charge in [-0.1, -0.05) is 13.8 Å². The van der Waals surface area contributed by atoms with Crippen molar-refractivity contribution in [1.82, 2.24) is 0 Å². The van der Waals surface area contributed by atoms with Gasteiger partial charge in [0.1, 0.15) is 5.78 Å². The van der Waals surface area contributed by atoms with Gasteiger partial charge < -0.3 is 0 Å². The van der Waals surface area contributed by atoms with Gasteiger partial charge >= 0.3 is 0 Å². The molecule has 2 nitrogen and oxygen atoms in total. The standard InChI is InChI=1S/C9H15NO/c1-9(2)5-7(10-3)4-8(11)6-9/h4-6H2,1-3H3. The van der Waals surface area contributed by atoms with E-state index in [2.05, 4.69) is 18.8 Å². The fourth-order valence-electron chi connectivity index (χ4n) is 1.66. The summed E-state index contributed by atoms with van der Waals surface area (Å²) in [5.41, 5.74) is 1.20. The first-order valence-corrected chi connectivity index (χ1v) is 4.00. The van der Waals surface area contributed by atoms with E-state index in [1.807, 2.05) is 0 Å². The van der Waals surface area contributed by atoms with E-state index in [9.17, 15) is 4.79 Å². The highest BCUT2D eigenvalue weighted by atomic mass is 16.1. The van der Waals surface area contributed by atoms with Crippen molar-refractivity contribution in [2.75, 3.05) is 7.05 Å². The normalized spacial score (nSPS) is 27.5.